The SMILES string of the molecule is CCOc1ccc([C@@H](C)NC(=O)/C=C/c2ccc([N+](=O)[O-])o2)cc1OCC. The maximum Gasteiger partial charge on any atom is 0.433 e. The van der Waals surface area contributed by atoms with Crippen LogP contribution in [0.2, 0.25) is 0 Å². The van der Waals surface area contributed by atoms with E-state index in [2.05, 4.69) is 5.32 Å². The first-order chi connectivity index (χ1) is 12.9. The van der Waals surface area contributed by atoms with Gasteiger partial charge in [0.15, 0.2) is 11.5 Å². The van der Waals surface area contributed by atoms with Gasteiger partial charge in [-0.1, -0.05) is 6.07 Å². The molecule has 144 valence electrons. The Morgan fingerprint density at radius 2 is 1.93 bits per heavy atom. The number of amides is 1. The molecule has 8 nitrogen and oxygen atoms in total. The van der Waals surface area contributed by atoms with Gasteiger partial charge in [0.05, 0.1) is 25.3 Å². The van der Waals surface area contributed by atoms with Gasteiger partial charge in [-0.05, 0) is 50.6 Å². The van der Waals surface area contributed by atoms with E-state index in [1.807, 2.05) is 39.0 Å². The number of carbonyl (C=O) groups is 1. The largest absolute Gasteiger partial charge is 0.490 e. The number of nitrogens with zero attached hydrogens (tertiary/aromatic N) is 1. The summed E-state index contributed by atoms with van der Waals surface area (Å²) in [5.74, 6) is 0.774. The lowest BCUT2D eigenvalue weighted by Crippen LogP contribution is -2.24. The summed E-state index contributed by atoms with van der Waals surface area (Å²) in [5, 5.41) is 13.4. The fourth-order valence-corrected chi connectivity index (χ4v) is 2.37. The predicted molar refractivity (Wildman–Crippen MR) is 99.7 cm³/mol. The van der Waals surface area contributed by atoms with Gasteiger partial charge >= 0.3 is 5.88 Å². The van der Waals surface area contributed by atoms with E-state index in [4.69, 9.17) is 13.9 Å². The topological polar surface area (TPSA) is 104 Å². The van der Waals surface area contributed by atoms with E-state index < -0.39 is 4.92 Å². The molecule has 2 rings (SSSR count). The average molecular weight is 374 g/mol. The molecule has 0 fully saturated rings. The van der Waals surface area contributed by atoms with Gasteiger partial charge in [0.2, 0.25) is 5.91 Å². The summed E-state index contributed by atoms with van der Waals surface area (Å²) in [7, 11) is 0. The van der Waals surface area contributed by atoms with E-state index in [9.17, 15) is 14.9 Å². The third kappa shape index (κ3) is 5.60. The third-order valence-corrected chi connectivity index (χ3v) is 3.62. The minimum Gasteiger partial charge on any atom is -0.490 e. The van der Waals surface area contributed by atoms with Crippen molar-refractivity contribution in [3.63, 3.8) is 0 Å². The number of hydrogen-bond acceptors (Lipinski definition) is 6. The molecule has 1 heterocycles. The van der Waals surface area contributed by atoms with Gasteiger partial charge in [-0.2, -0.15) is 0 Å². The van der Waals surface area contributed by atoms with Crippen LogP contribution in [0.3, 0.4) is 0 Å². The van der Waals surface area contributed by atoms with Gasteiger partial charge in [0.25, 0.3) is 0 Å². The lowest BCUT2D eigenvalue weighted by Gasteiger charge is -2.16. The van der Waals surface area contributed by atoms with Crippen LogP contribution in [-0.4, -0.2) is 24.0 Å². The van der Waals surface area contributed by atoms with Crippen LogP contribution in [0.1, 0.15) is 38.1 Å². The van der Waals surface area contributed by atoms with Crippen molar-refractivity contribution in [2.45, 2.75) is 26.8 Å². The minimum atomic E-state index is -0.638. The van der Waals surface area contributed by atoms with E-state index in [0.717, 1.165) is 5.56 Å². The quantitative estimate of drug-likeness (QED) is 0.406. The second-order valence-corrected chi connectivity index (χ2v) is 5.57. The van der Waals surface area contributed by atoms with Crippen LogP contribution >= 0.6 is 0 Å². The van der Waals surface area contributed by atoms with E-state index in [1.54, 1.807) is 0 Å². The Bertz CT molecular complexity index is 827. The van der Waals surface area contributed by atoms with Gasteiger partial charge in [-0.3, -0.25) is 14.9 Å². The first kappa shape index (κ1) is 20.0. The Balaban J connectivity index is 2.03. The van der Waals surface area contributed by atoms with Crippen molar-refractivity contribution in [2.24, 2.45) is 0 Å². The zero-order chi connectivity index (χ0) is 19.8. The lowest BCUT2D eigenvalue weighted by atomic mass is 10.1. The maximum atomic E-state index is 12.1. The van der Waals surface area contributed by atoms with Gasteiger partial charge in [-0.25, -0.2) is 0 Å². The van der Waals surface area contributed by atoms with Crippen LogP contribution in [0.4, 0.5) is 5.88 Å². The van der Waals surface area contributed by atoms with Gasteiger partial charge in [-0.15, -0.1) is 0 Å². The summed E-state index contributed by atoms with van der Waals surface area (Å²) in [6.45, 7) is 6.66. The van der Waals surface area contributed by atoms with Crippen molar-refractivity contribution in [3.8, 4) is 11.5 Å². The molecule has 1 amide bonds. The first-order valence-electron chi connectivity index (χ1n) is 8.57. The Labute approximate surface area is 156 Å². The number of benzene rings is 1. The van der Waals surface area contributed by atoms with Crippen molar-refractivity contribution in [3.05, 3.63) is 57.8 Å². The standard InChI is InChI=1S/C19H22N2O6/c1-4-25-16-9-6-14(12-17(16)26-5-2)13(3)20-18(22)10-7-15-8-11-19(27-15)21(23)24/h6-13H,4-5H2,1-3H3,(H,20,22)/b10-7+/t13-/m1/s1. The van der Waals surface area contributed by atoms with Crippen LogP contribution in [0.5, 0.6) is 11.5 Å². The molecule has 0 saturated heterocycles. The molecule has 0 unspecified atom stereocenters. The summed E-state index contributed by atoms with van der Waals surface area (Å²) in [4.78, 5) is 22.0. The molecule has 0 aliphatic rings. The Morgan fingerprint density at radius 1 is 1.22 bits per heavy atom. The van der Waals surface area contributed by atoms with Gasteiger partial charge in [0, 0.05) is 6.08 Å². The van der Waals surface area contributed by atoms with E-state index in [1.165, 1.54) is 24.3 Å². The first-order valence-corrected chi connectivity index (χ1v) is 8.57. The van der Waals surface area contributed by atoms with Crippen molar-refractivity contribution in [1.82, 2.24) is 5.32 Å². The smallest absolute Gasteiger partial charge is 0.433 e. The normalized spacial score (nSPS) is 12.0. The van der Waals surface area contributed by atoms with Crippen molar-refractivity contribution < 1.29 is 23.6 Å². The second-order valence-electron chi connectivity index (χ2n) is 5.57. The highest BCUT2D eigenvalue weighted by Crippen LogP contribution is 2.30. The molecule has 0 radical (unpaired) electrons. The Morgan fingerprint density at radius 3 is 2.56 bits per heavy atom. The monoisotopic (exact) mass is 374 g/mol. The van der Waals surface area contributed by atoms with Gasteiger partial charge < -0.3 is 19.2 Å². The Hall–Kier alpha value is -3.29. The zero-order valence-electron chi connectivity index (χ0n) is 15.4. The van der Waals surface area contributed by atoms with E-state index in [-0.39, 0.29) is 23.6 Å². The van der Waals surface area contributed by atoms with Crippen LogP contribution in [0, 0.1) is 10.1 Å². The van der Waals surface area contributed by atoms with Crippen LogP contribution in [0.25, 0.3) is 6.08 Å². The molecule has 27 heavy (non-hydrogen) atoms. The molecule has 1 aromatic heterocycles. The minimum absolute atomic E-state index is 0.226. The van der Waals surface area contributed by atoms with Crippen LogP contribution < -0.4 is 14.8 Å². The molecule has 1 aromatic carbocycles. The number of hydrogen-bond donors (Lipinski definition) is 1. The summed E-state index contributed by atoms with van der Waals surface area (Å²) >= 11 is 0. The number of nitro groups is 1. The zero-order valence-corrected chi connectivity index (χ0v) is 15.4. The fraction of sp³-hybridized carbons (Fsp3) is 0.316. The molecule has 0 saturated carbocycles. The molecular weight excluding hydrogens is 352 g/mol. The van der Waals surface area contributed by atoms with Crippen molar-refractivity contribution >= 4 is 17.9 Å². The highest BCUT2D eigenvalue weighted by molar-refractivity contribution is 5.91. The Kier molecular flexibility index (Phi) is 6.99. The van der Waals surface area contributed by atoms with E-state index >= 15 is 0 Å². The molecular formula is C19H22N2O6. The summed E-state index contributed by atoms with van der Waals surface area (Å²) in [6, 6.07) is 7.88. The lowest BCUT2D eigenvalue weighted by molar-refractivity contribution is -0.402. The van der Waals surface area contributed by atoms with Crippen LogP contribution in [-0.2, 0) is 4.79 Å². The second kappa shape index (κ2) is 9.42. The molecule has 0 bridgehead atoms. The molecule has 2 aromatic rings. The van der Waals surface area contributed by atoms with Gasteiger partial charge in [0.1, 0.15) is 10.7 Å². The third-order valence-electron chi connectivity index (χ3n) is 3.62. The summed E-state index contributed by atoms with van der Waals surface area (Å²) in [6.07, 6.45) is 2.63. The predicted octanol–water partition coefficient (Wildman–Crippen LogP) is 3.88. The molecule has 0 spiro atoms. The number of carbonyl (C=O) groups excluding carboxylic acids is 1. The molecule has 1 N–H and O–H groups in total. The van der Waals surface area contributed by atoms with E-state index in [0.29, 0.717) is 24.7 Å². The summed E-state index contributed by atoms with van der Waals surface area (Å²) in [5.41, 5.74) is 0.859. The number of nitrogens with one attached hydrogen (secondary N) is 1. The number of furan rings is 1. The number of rotatable bonds is 9. The molecule has 0 aliphatic heterocycles. The molecule has 0 aliphatic carbocycles. The maximum absolute atomic E-state index is 12.1. The fourth-order valence-electron chi connectivity index (χ4n) is 2.37. The highest BCUT2D eigenvalue weighted by Gasteiger charge is 2.13. The van der Waals surface area contributed by atoms with Crippen molar-refractivity contribution in [2.75, 3.05) is 13.2 Å². The highest BCUT2D eigenvalue weighted by atomic mass is 16.6. The summed E-state index contributed by atoms with van der Waals surface area (Å²) < 4.78 is 16.1. The van der Waals surface area contributed by atoms with Crippen LogP contribution in [0.15, 0.2) is 40.8 Å². The molecule has 8 heteroatoms. The molecule has 1 atom stereocenters. The average Bonchev–Trinajstić information content (AvgIpc) is 3.11. The number of ether oxygens (including phenoxy) is 2. The van der Waals surface area contributed by atoms with Crippen molar-refractivity contribution in [1.29, 1.82) is 0 Å².